The van der Waals surface area contributed by atoms with Crippen molar-refractivity contribution < 1.29 is 17.9 Å². The maximum Gasteiger partial charge on any atom is 0.243 e. The predicted octanol–water partition coefficient (Wildman–Crippen LogP) is 4.65. The minimum atomic E-state index is -3.69. The van der Waals surface area contributed by atoms with Crippen LogP contribution in [0.25, 0.3) is 11.4 Å². The maximum absolute atomic E-state index is 13.5. The molecule has 218 valence electrons. The third kappa shape index (κ3) is 5.49. The molecule has 2 aliphatic heterocycles. The summed E-state index contributed by atoms with van der Waals surface area (Å²) in [5.41, 5.74) is 3.83. The number of carbonyl (C=O) groups excluding carboxylic acids is 1. The molecule has 2 aliphatic rings. The van der Waals surface area contributed by atoms with Gasteiger partial charge in [0.2, 0.25) is 15.9 Å². The van der Waals surface area contributed by atoms with Gasteiger partial charge in [0.15, 0.2) is 11.0 Å². The molecule has 11 heteroatoms. The van der Waals surface area contributed by atoms with E-state index in [1.807, 2.05) is 64.1 Å². The molecule has 0 radical (unpaired) electrons. The van der Waals surface area contributed by atoms with E-state index in [1.165, 1.54) is 21.6 Å². The number of hydrogen-bond acceptors (Lipinski definition) is 7. The number of nitrogens with zero attached hydrogens (tertiary/aromatic N) is 5. The second-order valence-corrected chi connectivity index (χ2v) is 13.4. The monoisotopic (exact) mass is 603 g/mol. The van der Waals surface area contributed by atoms with E-state index in [0.29, 0.717) is 42.8 Å². The Morgan fingerprint density at radius 3 is 2.52 bits per heavy atom. The number of amides is 1. The van der Waals surface area contributed by atoms with Gasteiger partial charge in [-0.3, -0.25) is 9.36 Å². The van der Waals surface area contributed by atoms with Crippen molar-refractivity contribution in [3.63, 3.8) is 0 Å². The fraction of sp³-hybridized carbons (Fsp3) is 0.323. The van der Waals surface area contributed by atoms with Gasteiger partial charge in [-0.15, -0.1) is 10.2 Å². The fourth-order valence-electron chi connectivity index (χ4n) is 5.68. The number of sulfonamides is 1. The molecule has 1 aromatic heterocycles. The van der Waals surface area contributed by atoms with E-state index in [-0.39, 0.29) is 28.6 Å². The molecule has 6 rings (SSSR count). The molecule has 0 spiro atoms. The first-order valence-corrected chi connectivity index (χ1v) is 16.5. The second kappa shape index (κ2) is 12.0. The molecule has 3 heterocycles. The van der Waals surface area contributed by atoms with Crippen molar-refractivity contribution in [2.75, 3.05) is 37.0 Å². The van der Waals surface area contributed by atoms with Gasteiger partial charge >= 0.3 is 0 Å². The van der Waals surface area contributed by atoms with Gasteiger partial charge in [-0.2, -0.15) is 4.31 Å². The lowest BCUT2D eigenvalue weighted by Crippen LogP contribution is -2.40. The molecule has 0 saturated carbocycles. The zero-order valence-electron chi connectivity index (χ0n) is 23.6. The topological polar surface area (TPSA) is 97.6 Å². The highest BCUT2D eigenvalue weighted by atomic mass is 32.2. The van der Waals surface area contributed by atoms with Crippen molar-refractivity contribution in [2.24, 2.45) is 0 Å². The Morgan fingerprint density at radius 2 is 1.74 bits per heavy atom. The smallest absolute Gasteiger partial charge is 0.243 e. The zero-order chi connectivity index (χ0) is 29.3. The van der Waals surface area contributed by atoms with Crippen LogP contribution in [0.5, 0.6) is 0 Å². The molecule has 1 amide bonds. The van der Waals surface area contributed by atoms with Crippen LogP contribution in [0.3, 0.4) is 0 Å². The molecular formula is C31H33N5O4S2. The highest BCUT2D eigenvalue weighted by Gasteiger charge is 2.32. The number of ether oxygens (including phenoxy) is 1. The Bertz CT molecular complexity index is 1690. The van der Waals surface area contributed by atoms with Gasteiger partial charge in [0, 0.05) is 30.4 Å². The minimum Gasteiger partial charge on any atom is -0.379 e. The molecule has 3 aromatic carbocycles. The van der Waals surface area contributed by atoms with Gasteiger partial charge in [-0.1, -0.05) is 72.4 Å². The molecule has 1 saturated heterocycles. The van der Waals surface area contributed by atoms with Crippen LogP contribution < -0.4 is 4.90 Å². The largest absolute Gasteiger partial charge is 0.379 e. The molecule has 2 atom stereocenters. The van der Waals surface area contributed by atoms with Crippen LogP contribution >= 0.6 is 11.8 Å². The van der Waals surface area contributed by atoms with E-state index in [1.54, 1.807) is 18.2 Å². The summed E-state index contributed by atoms with van der Waals surface area (Å²) in [7, 11) is -3.69. The molecule has 42 heavy (non-hydrogen) atoms. The van der Waals surface area contributed by atoms with Crippen molar-refractivity contribution in [3.05, 3.63) is 90.0 Å². The number of hydrogen-bond donors (Lipinski definition) is 0. The van der Waals surface area contributed by atoms with Crippen LogP contribution in [0.4, 0.5) is 5.69 Å². The van der Waals surface area contributed by atoms with Gasteiger partial charge < -0.3 is 9.64 Å². The second-order valence-electron chi connectivity index (χ2n) is 10.5. The lowest BCUT2D eigenvalue weighted by molar-refractivity contribution is -0.116. The lowest BCUT2D eigenvalue weighted by Gasteiger charge is -2.26. The van der Waals surface area contributed by atoms with E-state index >= 15 is 0 Å². The van der Waals surface area contributed by atoms with Crippen molar-refractivity contribution in [2.45, 2.75) is 42.4 Å². The van der Waals surface area contributed by atoms with Crippen molar-refractivity contribution in [1.29, 1.82) is 0 Å². The normalized spacial score (nSPS) is 18.1. The first-order chi connectivity index (χ1) is 20.3. The van der Waals surface area contributed by atoms with E-state index in [4.69, 9.17) is 4.74 Å². The van der Waals surface area contributed by atoms with Gasteiger partial charge in [0.05, 0.1) is 29.9 Å². The number of para-hydroxylation sites is 1. The minimum absolute atomic E-state index is 0.0134. The number of aromatic nitrogens is 3. The molecule has 0 N–H and O–H groups in total. The highest BCUT2D eigenvalue weighted by Crippen LogP contribution is 2.35. The van der Waals surface area contributed by atoms with Gasteiger partial charge in [0.1, 0.15) is 0 Å². The van der Waals surface area contributed by atoms with E-state index in [9.17, 15) is 13.2 Å². The number of morpholine rings is 1. The summed E-state index contributed by atoms with van der Waals surface area (Å²) < 4.78 is 35.6. The van der Waals surface area contributed by atoms with Crippen LogP contribution in [0, 0.1) is 0 Å². The molecule has 1 fully saturated rings. The van der Waals surface area contributed by atoms with Gasteiger partial charge in [-0.05, 0) is 49.6 Å². The number of thioether (sulfide) groups is 1. The number of benzene rings is 3. The Labute approximate surface area is 250 Å². The molecule has 0 aliphatic carbocycles. The summed E-state index contributed by atoms with van der Waals surface area (Å²) >= 11 is 1.35. The first kappa shape index (κ1) is 28.6. The Morgan fingerprint density at radius 1 is 1.00 bits per heavy atom. The molecular weight excluding hydrogens is 571 g/mol. The van der Waals surface area contributed by atoms with Crippen LogP contribution in [0.1, 0.15) is 31.0 Å². The van der Waals surface area contributed by atoms with E-state index in [0.717, 1.165) is 17.7 Å². The SMILES string of the molecule is CC1Cc2ccccc2N1C(=O)CSc1nnc(-c2cccc(S(=O)(=O)N3CCOCC3)c2)n1C(C)c1ccccc1. The van der Waals surface area contributed by atoms with Crippen LogP contribution in [0.15, 0.2) is 88.9 Å². The Hall–Kier alpha value is -3.51. The Balaban J connectivity index is 1.33. The summed E-state index contributed by atoms with van der Waals surface area (Å²) in [4.78, 5) is 15.6. The number of rotatable bonds is 8. The van der Waals surface area contributed by atoms with Gasteiger partial charge in [0.25, 0.3) is 0 Å². The number of anilines is 1. The summed E-state index contributed by atoms with van der Waals surface area (Å²) in [5, 5.41) is 9.64. The van der Waals surface area contributed by atoms with Crippen molar-refractivity contribution in [1.82, 2.24) is 19.1 Å². The predicted molar refractivity (Wildman–Crippen MR) is 163 cm³/mol. The first-order valence-electron chi connectivity index (χ1n) is 14.1. The fourth-order valence-corrected chi connectivity index (χ4v) is 8.00. The lowest BCUT2D eigenvalue weighted by atomic mass is 10.1. The third-order valence-electron chi connectivity index (χ3n) is 7.83. The van der Waals surface area contributed by atoms with E-state index in [2.05, 4.69) is 30.1 Å². The van der Waals surface area contributed by atoms with Crippen molar-refractivity contribution >= 4 is 33.4 Å². The number of fused-ring (bicyclic) bond motifs is 1. The molecule has 9 nitrogen and oxygen atoms in total. The quantitative estimate of drug-likeness (QED) is 0.271. The standard InChI is InChI=1S/C31H33N5O4S2/c1-22-19-25-11-6-7-14-28(25)35(22)29(37)21-41-31-33-32-30(36(31)23(2)24-9-4-3-5-10-24)26-12-8-13-27(20-26)42(38,39)34-15-17-40-18-16-34/h3-14,20,22-23H,15-19,21H2,1-2H3. The average Bonchev–Trinajstić information content (AvgIpc) is 3.60. The van der Waals surface area contributed by atoms with Crippen LogP contribution in [-0.4, -0.2) is 71.5 Å². The van der Waals surface area contributed by atoms with Crippen LogP contribution in [0.2, 0.25) is 0 Å². The summed E-state index contributed by atoms with van der Waals surface area (Å²) in [6, 6.07) is 24.8. The summed E-state index contributed by atoms with van der Waals surface area (Å²) in [6.45, 7) is 5.52. The average molecular weight is 604 g/mol. The van der Waals surface area contributed by atoms with Crippen LogP contribution in [-0.2, 0) is 26.0 Å². The number of carbonyl (C=O) groups is 1. The van der Waals surface area contributed by atoms with Gasteiger partial charge in [-0.25, -0.2) is 8.42 Å². The highest BCUT2D eigenvalue weighted by molar-refractivity contribution is 7.99. The Kier molecular flexibility index (Phi) is 8.17. The maximum atomic E-state index is 13.5. The van der Waals surface area contributed by atoms with E-state index < -0.39 is 10.0 Å². The molecule has 4 aromatic rings. The summed E-state index contributed by atoms with van der Waals surface area (Å²) in [6.07, 6.45) is 0.835. The summed E-state index contributed by atoms with van der Waals surface area (Å²) in [5.74, 6) is 0.753. The molecule has 2 unspecified atom stereocenters. The zero-order valence-corrected chi connectivity index (χ0v) is 25.2. The van der Waals surface area contributed by atoms with Crippen molar-refractivity contribution in [3.8, 4) is 11.4 Å². The third-order valence-corrected chi connectivity index (χ3v) is 10.7. The molecule has 0 bridgehead atoms.